The zero-order valence-corrected chi connectivity index (χ0v) is 6.82. The normalized spacial score (nSPS) is 12.0. The van der Waals surface area contributed by atoms with E-state index in [1.54, 1.807) is 19.3 Å². The molecule has 62 valence electrons. The van der Waals surface area contributed by atoms with Gasteiger partial charge in [0.1, 0.15) is 5.84 Å². The van der Waals surface area contributed by atoms with E-state index in [1.807, 2.05) is 6.92 Å². The van der Waals surface area contributed by atoms with E-state index >= 15 is 0 Å². The molecule has 1 amide bonds. The van der Waals surface area contributed by atoms with Crippen molar-refractivity contribution in [3.05, 3.63) is 12.3 Å². The Hall–Kier alpha value is -1.32. The van der Waals surface area contributed by atoms with Gasteiger partial charge in [-0.1, -0.05) is 0 Å². The van der Waals surface area contributed by atoms with E-state index in [2.05, 4.69) is 4.99 Å². The van der Waals surface area contributed by atoms with Crippen LogP contribution >= 0.6 is 0 Å². The predicted octanol–water partition coefficient (Wildman–Crippen LogP) is -0.0346. The number of nitrogens with two attached hydrogens (primary N) is 1. The highest BCUT2D eigenvalue weighted by molar-refractivity contribution is 5.91. The van der Waals surface area contributed by atoms with Crippen molar-refractivity contribution in [2.45, 2.75) is 6.92 Å². The highest BCUT2D eigenvalue weighted by Gasteiger charge is 1.89. The molecule has 0 aromatic heterocycles. The van der Waals surface area contributed by atoms with Gasteiger partial charge in [0.2, 0.25) is 6.41 Å². The third-order valence-electron chi connectivity index (χ3n) is 1.20. The Morgan fingerprint density at radius 2 is 2.36 bits per heavy atom. The number of carbonyl (C=O) groups excluding carboxylic acids is 1. The van der Waals surface area contributed by atoms with Crippen LogP contribution in [0.3, 0.4) is 0 Å². The maximum Gasteiger partial charge on any atom is 0.213 e. The molecule has 0 saturated carbocycles. The minimum absolute atomic E-state index is 0.408. The number of hydrogen-bond acceptors (Lipinski definition) is 2. The number of amidine groups is 1. The van der Waals surface area contributed by atoms with E-state index < -0.39 is 0 Å². The smallest absolute Gasteiger partial charge is 0.213 e. The first-order valence-corrected chi connectivity index (χ1v) is 3.36. The molecule has 2 N–H and O–H groups in total. The number of rotatable bonds is 4. The van der Waals surface area contributed by atoms with Gasteiger partial charge in [-0.25, -0.2) is 0 Å². The molecule has 4 nitrogen and oxygen atoms in total. The molecule has 0 aliphatic carbocycles. The molecule has 0 aromatic carbocycles. The van der Waals surface area contributed by atoms with E-state index in [9.17, 15) is 4.79 Å². The van der Waals surface area contributed by atoms with Crippen molar-refractivity contribution in [2.24, 2.45) is 10.7 Å². The lowest BCUT2D eigenvalue weighted by molar-refractivity contribution is -0.115. The Balaban J connectivity index is 3.98. The number of aliphatic imine (C=N–C) groups is 1. The van der Waals surface area contributed by atoms with Crippen molar-refractivity contribution >= 4 is 12.2 Å². The molecule has 0 saturated heterocycles. The van der Waals surface area contributed by atoms with Gasteiger partial charge in [0.05, 0.1) is 0 Å². The summed E-state index contributed by atoms with van der Waals surface area (Å²) in [5.74, 6) is 0.408. The number of carbonyl (C=O) groups is 1. The average molecular weight is 155 g/mol. The van der Waals surface area contributed by atoms with Gasteiger partial charge in [-0.3, -0.25) is 9.79 Å². The van der Waals surface area contributed by atoms with Crippen molar-refractivity contribution in [2.75, 3.05) is 13.6 Å². The molecule has 0 aliphatic rings. The SMILES string of the molecule is CCN(C=O)/C=C\C(N)=NC. The first-order valence-electron chi connectivity index (χ1n) is 3.36. The molecule has 0 aliphatic heterocycles. The molecular formula is C7H13N3O. The maximum absolute atomic E-state index is 10.2. The minimum atomic E-state index is 0.408. The van der Waals surface area contributed by atoms with E-state index in [0.717, 1.165) is 6.41 Å². The van der Waals surface area contributed by atoms with Crippen LogP contribution in [0.5, 0.6) is 0 Å². The summed E-state index contributed by atoms with van der Waals surface area (Å²) in [5, 5.41) is 0. The van der Waals surface area contributed by atoms with Gasteiger partial charge >= 0.3 is 0 Å². The molecule has 0 unspecified atom stereocenters. The third-order valence-corrected chi connectivity index (χ3v) is 1.20. The Kier molecular flexibility index (Phi) is 4.81. The Morgan fingerprint density at radius 3 is 2.73 bits per heavy atom. The van der Waals surface area contributed by atoms with Gasteiger partial charge in [-0.15, -0.1) is 0 Å². The fourth-order valence-electron chi connectivity index (χ4n) is 0.462. The summed E-state index contributed by atoms with van der Waals surface area (Å²) >= 11 is 0. The number of nitrogens with zero attached hydrogens (tertiary/aromatic N) is 2. The van der Waals surface area contributed by atoms with Gasteiger partial charge in [0.25, 0.3) is 0 Å². The average Bonchev–Trinajstić information content (AvgIpc) is 2.06. The van der Waals surface area contributed by atoms with E-state index in [1.165, 1.54) is 4.90 Å². The van der Waals surface area contributed by atoms with E-state index in [0.29, 0.717) is 12.4 Å². The predicted molar refractivity (Wildman–Crippen MR) is 45.1 cm³/mol. The van der Waals surface area contributed by atoms with Crippen molar-refractivity contribution in [1.29, 1.82) is 0 Å². The Labute approximate surface area is 66.4 Å². The van der Waals surface area contributed by atoms with Crippen LogP contribution in [0.15, 0.2) is 17.3 Å². The Bertz CT molecular complexity index is 175. The van der Waals surface area contributed by atoms with Crippen LogP contribution in [-0.4, -0.2) is 30.7 Å². The zero-order valence-electron chi connectivity index (χ0n) is 6.82. The van der Waals surface area contributed by atoms with Gasteiger partial charge in [0.15, 0.2) is 0 Å². The van der Waals surface area contributed by atoms with Crippen molar-refractivity contribution in [3.8, 4) is 0 Å². The largest absolute Gasteiger partial charge is 0.384 e. The lowest BCUT2D eigenvalue weighted by Gasteiger charge is -2.06. The van der Waals surface area contributed by atoms with Gasteiger partial charge in [0, 0.05) is 19.8 Å². The topological polar surface area (TPSA) is 58.7 Å². The summed E-state index contributed by atoms with van der Waals surface area (Å²) in [6, 6.07) is 0. The summed E-state index contributed by atoms with van der Waals surface area (Å²) < 4.78 is 0. The van der Waals surface area contributed by atoms with Crippen LogP contribution in [0.4, 0.5) is 0 Å². The van der Waals surface area contributed by atoms with E-state index in [4.69, 9.17) is 5.73 Å². The molecule has 0 bridgehead atoms. The molecule has 0 radical (unpaired) electrons. The summed E-state index contributed by atoms with van der Waals surface area (Å²) in [6.45, 7) is 2.51. The molecule has 0 heterocycles. The third kappa shape index (κ3) is 4.13. The molecule has 0 fully saturated rings. The summed E-state index contributed by atoms with van der Waals surface area (Å²) in [5.41, 5.74) is 5.35. The molecule has 0 spiro atoms. The Morgan fingerprint density at radius 1 is 1.73 bits per heavy atom. The quantitative estimate of drug-likeness (QED) is 0.352. The second-order valence-electron chi connectivity index (χ2n) is 1.90. The van der Waals surface area contributed by atoms with Crippen LogP contribution in [0.25, 0.3) is 0 Å². The van der Waals surface area contributed by atoms with E-state index in [-0.39, 0.29) is 0 Å². The van der Waals surface area contributed by atoms with Crippen LogP contribution in [0, 0.1) is 0 Å². The standard InChI is InChI=1S/C7H13N3O/c1-3-10(6-11)5-4-7(8)9-2/h4-6H,3H2,1-2H3,(H2,8,9)/b5-4-. The molecule has 0 rings (SSSR count). The van der Waals surface area contributed by atoms with Crippen LogP contribution < -0.4 is 5.73 Å². The monoisotopic (exact) mass is 155 g/mol. The van der Waals surface area contributed by atoms with Gasteiger partial charge in [-0.2, -0.15) is 0 Å². The van der Waals surface area contributed by atoms with Crippen LogP contribution in [0.2, 0.25) is 0 Å². The molecule has 0 atom stereocenters. The van der Waals surface area contributed by atoms with Crippen LogP contribution in [-0.2, 0) is 4.79 Å². The molecular weight excluding hydrogens is 142 g/mol. The second kappa shape index (κ2) is 5.46. The maximum atomic E-state index is 10.2. The number of hydrogen-bond donors (Lipinski definition) is 1. The fraction of sp³-hybridized carbons (Fsp3) is 0.429. The van der Waals surface area contributed by atoms with Crippen molar-refractivity contribution < 1.29 is 4.79 Å². The zero-order chi connectivity index (χ0) is 8.69. The fourth-order valence-corrected chi connectivity index (χ4v) is 0.462. The highest BCUT2D eigenvalue weighted by Crippen LogP contribution is 1.83. The molecule has 0 aromatic rings. The first-order chi connectivity index (χ1) is 5.24. The first kappa shape index (κ1) is 9.68. The summed E-state index contributed by atoms with van der Waals surface area (Å²) in [7, 11) is 1.59. The molecule has 11 heavy (non-hydrogen) atoms. The van der Waals surface area contributed by atoms with Gasteiger partial charge in [-0.05, 0) is 13.0 Å². The highest BCUT2D eigenvalue weighted by atomic mass is 16.1. The summed E-state index contributed by atoms with van der Waals surface area (Å²) in [6.07, 6.45) is 3.91. The lowest BCUT2D eigenvalue weighted by Crippen LogP contribution is -2.15. The van der Waals surface area contributed by atoms with Crippen molar-refractivity contribution in [1.82, 2.24) is 4.90 Å². The van der Waals surface area contributed by atoms with Crippen molar-refractivity contribution in [3.63, 3.8) is 0 Å². The second-order valence-corrected chi connectivity index (χ2v) is 1.90. The molecule has 4 heteroatoms. The van der Waals surface area contributed by atoms with Crippen LogP contribution in [0.1, 0.15) is 6.92 Å². The van der Waals surface area contributed by atoms with Gasteiger partial charge < -0.3 is 10.6 Å². The minimum Gasteiger partial charge on any atom is -0.384 e. The lowest BCUT2D eigenvalue weighted by atomic mass is 10.5. The number of amides is 1. The summed E-state index contributed by atoms with van der Waals surface area (Å²) in [4.78, 5) is 15.4.